The molecule has 0 saturated carbocycles. The first-order valence-corrected chi connectivity index (χ1v) is 5.40. The zero-order valence-electron chi connectivity index (χ0n) is 9.66. The summed E-state index contributed by atoms with van der Waals surface area (Å²) in [5.41, 5.74) is 0.560. The van der Waals surface area contributed by atoms with Crippen LogP contribution in [0.1, 0.15) is 19.4 Å². The zero-order chi connectivity index (χ0) is 12.0. The summed E-state index contributed by atoms with van der Waals surface area (Å²) in [6, 6.07) is 4.51. The van der Waals surface area contributed by atoms with E-state index in [1.54, 1.807) is 12.1 Å². The van der Waals surface area contributed by atoms with Crippen LogP contribution in [-0.2, 0) is 11.3 Å². The van der Waals surface area contributed by atoms with Crippen LogP contribution in [0, 0.1) is 5.82 Å². The van der Waals surface area contributed by atoms with Crippen molar-refractivity contribution in [1.82, 2.24) is 5.32 Å². The molecule has 1 aromatic rings. The van der Waals surface area contributed by atoms with Gasteiger partial charge in [0.2, 0.25) is 0 Å². The highest BCUT2D eigenvalue weighted by atomic mass is 19.1. The zero-order valence-corrected chi connectivity index (χ0v) is 9.66. The molecule has 0 saturated heterocycles. The van der Waals surface area contributed by atoms with Crippen LogP contribution in [0.5, 0.6) is 5.75 Å². The van der Waals surface area contributed by atoms with Crippen LogP contribution in [0.3, 0.4) is 0 Å². The Bertz CT molecular complexity index is 329. The van der Waals surface area contributed by atoms with Gasteiger partial charge in [-0.05, 0) is 19.9 Å². The van der Waals surface area contributed by atoms with Crippen LogP contribution < -0.4 is 5.32 Å². The highest BCUT2D eigenvalue weighted by Gasteiger charge is 2.05. The van der Waals surface area contributed by atoms with Gasteiger partial charge in [-0.3, -0.25) is 0 Å². The lowest BCUT2D eigenvalue weighted by Gasteiger charge is -2.09. The summed E-state index contributed by atoms with van der Waals surface area (Å²) in [7, 11) is 0. The van der Waals surface area contributed by atoms with Crippen molar-refractivity contribution in [3.8, 4) is 5.75 Å². The van der Waals surface area contributed by atoms with Gasteiger partial charge < -0.3 is 15.2 Å². The second kappa shape index (κ2) is 6.45. The molecule has 4 heteroatoms. The quantitative estimate of drug-likeness (QED) is 0.731. The monoisotopic (exact) mass is 227 g/mol. The third-order valence-electron chi connectivity index (χ3n) is 2.12. The van der Waals surface area contributed by atoms with E-state index in [1.807, 2.05) is 13.8 Å². The topological polar surface area (TPSA) is 41.5 Å². The Morgan fingerprint density at radius 1 is 1.44 bits per heavy atom. The molecule has 0 radical (unpaired) electrons. The molecule has 16 heavy (non-hydrogen) atoms. The van der Waals surface area contributed by atoms with E-state index < -0.39 is 5.82 Å². The average molecular weight is 227 g/mol. The highest BCUT2D eigenvalue weighted by molar-refractivity contribution is 5.33. The van der Waals surface area contributed by atoms with Gasteiger partial charge in [-0.2, -0.15) is 0 Å². The fraction of sp³-hybridized carbons (Fsp3) is 0.500. The molecule has 1 aromatic carbocycles. The van der Waals surface area contributed by atoms with E-state index in [1.165, 1.54) is 6.07 Å². The van der Waals surface area contributed by atoms with Crippen molar-refractivity contribution >= 4 is 0 Å². The molecule has 0 unspecified atom stereocenters. The van der Waals surface area contributed by atoms with Crippen LogP contribution in [0.25, 0.3) is 0 Å². The van der Waals surface area contributed by atoms with Gasteiger partial charge in [-0.1, -0.05) is 12.1 Å². The molecule has 0 aromatic heterocycles. The smallest absolute Gasteiger partial charge is 0.165 e. The van der Waals surface area contributed by atoms with Gasteiger partial charge in [0.05, 0.1) is 12.7 Å². The van der Waals surface area contributed by atoms with Crippen LogP contribution >= 0.6 is 0 Å². The second-order valence-corrected chi connectivity index (χ2v) is 3.84. The number of aromatic hydroxyl groups is 1. The van der Waals surface area contributed by atoms with E-state index in [9.17, 15) is 9.50 Å². The van der Waals surface area contributed by atoms with E-state index in [-0.39, 0.29) is 11.9 Å². The second-order valence-electron chi connectivity index (χ2n) is 3.84. The van der Waals surface area contributed by atoms with Gasteiger partial charge >= 0.3 is 0 Å². The Balaban J connectivity index is 2.29. The first-order valence-electron chi connectivity index (χ1n) is 5.40. The normalized spacial score (nSPS) is 11.0. The van der Waals surface area contributed by atoms with Gasteiger partial charge in [-0.15, -0.1) is 0 Å². The number of benzene rings is 1. The molecule has 0 spiro atoms. The molecule has 0 fully saturated rings. The summed E-state index contributed by atoms with van der Waals surface area (Å²) in [6.45, 7) is 5.66. The number of phenolic OH excluding ortho intramolecular Hbond substituents is 1. The summed E-state index contributed by atoms with van der Waals surface area (Å²) < 4.78 is 18.3. The maximum absolute atomic E-state index is 13.0. The van der Waals surface area contributed by atoms with Crippen LogP contribution in [0.2, 0.25) is 0 Å². The molecule has 0 amide bonds. The first-order chi connectivity index (χ1) is 7.61. The molecule has 2 N–H and O–H groups in total. The molecule has 0 bridgehead atoms. The van der Waals surface area contributed by atoms with E-state index in [0.29, 0.717) is 25.3 Å². The average Bonchev–Trinajstić information content (AvgIpc) is 2.23. The fourth-order valence-corrected chi connectivity index (χ4v) is 1.29. The molecular weight excluding hydrogens is 209 g/mol. The van der Waals surface area contributed by atoms with E-state index in [4.69, 9.17) is 4.74 Å². The lowest BCUT2D eigenvalue weighted by molar-refractivity contribution is 0.0807. The standard InChI is InChI=1S/C12H18FNO2/c1-9(2)16-7-6-14-8-10-4-3-5-11(13)12(10)15/h3-5,9,14-15H,6-8H2,1-2H3. The van der Waals surface area contributed by atoms with E-state index in [0.717, 1.165) is 0 Å². The van der Waals surface area contributed by atoms with Gasteiger partial charge in [-0.25, -0.2) is 4.39 Å². The number of para-hydroxylation sites is 1. The van der Waals surface area contributed by atoms with Gasteiger partial charge in [0, 0.05) is 18.7 Å². The molecular formula is C12H18FNO2. The molecule has 0 aliphatic carbocycles. The Morgan fingerprint density at radius 2 is 2.19 bits per heavy atom. The first kappa shape index (κ1) is 12.9. The number of hydrogen-bond donors (Lipinski definition) is 2. The number of halogens is 1. The summed E-state index contributed by atoms with van der Waals surface area (Å²) in [5.74, 6) is -0.863. The van der Waals surface area contributed by atoms with Gasteiger partial charge in [0.15, 0.2) is 11.6 Å². The van der Waals surface area contributed by atoms with Crippen molar-refractivity contribution in [2.75, 3.05) is 13.2 Å². The molecule has 1 rings (SSSR count). The third kappa shape index (κ3) is 4.16. The largest absolute Gasteiger partial charge is 0.505 e. The van der Waals surface area contributed by atoms with Gasteiger partial charge in [0.25, 0.3) is 0 Å². The number of hydrogen-bond acceptors (Lipinski definition) is 3. The van der Waals surface area contributed by atoms with E-state index >= 15 is 0 Å². The maximum Gasteiger partial charge on any atom is 0.165 e. The Kier molecular flexibility index (Phi) is 5.22. The minimum Gasteiger partial charge on any atom is -0.505 e. The molecule has 0 atom stereocenters. The fourth-order valence-electron chi connectivity index (χ4n) is 1.29. The third-order valence-corrected chi connectivity index (χ3v) is 2.12. The van der Waals surface area contributed by atoms with Crippen molar-refractivity contribution in [3.63, 3.8) is 0 Å². The van der Waals surface area contributed by atoms with Crippen molar-refractivity contribution in [3.05, 3.63) is 29.6 Å². The minimum absolute atomic E-state index is 0.212. The molecule has 0 heterocycles. The summed E-state index contributed by atoms with van der Waals surface area (Å²) in [5, 5.41) is 12.5. The van der Waals surface area contributed by atoms with Crippen LogP contribution in [0.15, 0.2) is 18.2 Å². The number of rotatable bonds is 6. The SMILES string of the molecule is CC(C)OCCNCc1cccc(F)c1O. The highest BCUT2D eigenvalue weighted by Crippen LogP contribution is 2.19. The number of nitrogens with one attached hydrogen (secondary N) is 1. The van der Waals surface area contributed by atoms with Crippen molar-refractivity contribution in [2.45, 2.75) is 26.5 Å². The maximum atomic E-state index is 13.0. The van der Waals surface area contributed by atoms with Crippen molar-refractivity contribution < 1.29 is 14.2 Å². The number of ether oxygens (including phenoxy) is 1. The van der Waals surface area contributed by atoms with Crippen LogP contribution in [-0.4, -0.2) is 24.4 Å². The Hall–Kier alpha value is -1.13. The molecule has 0 aliphatic rings. The lowest BCUT2D eigenvalue weighted by Crippen LogP contribution is -2.21. The summed E-state index contributed by atoms with van der Waals surface area (Å²) in [6.07, 6.45) is 0.212. The Morgan fingerprint density at radius 3 is 2.88 bits per heavy atom. The lowest BCUT2D eigenvalue weighted by atomic mass is 10.2. The Labute approximate surface area is 95.2 Å². The van der Waals surface area contributed by atoms with Crippen molar-refractivity contribution in [2.24, 2.45) is 0 Å². The van der Waals surface area contributed by atoms with Crippen LogP contribution in [0.4, 0.5) is 4.39 Å². The predicted molar refractivity (Wildman–Crippen MR) is 60.9 cm³/mol. The number of phenols is 1. The van der Waals surface area contributed by atoms with E-state index in [2.05, 4.69) is 5.32 Å². The summed E-state index contributed by atoms with van der Waals surface area (Å²) in [4.78, 5) is 0. The van der Waals surface area contributed by atoms with Crippen molar-refractivity contribution in [1.29, 1.82) is 0 Å². The minimum atomic E-state index is -0.585. The summed E-state index contributed by atoms with van der Waals surface area (Å²) >= 11 is 0. The molecule has 0 aliphatic heterocycles. The molecule has 3 nitrogen and oxygen atoms in total. The predicted octanol–water partition coefficient (Wildman–Crippen LogP) is 2.05. The van der Waals surface area contributed by atoms with Gasteiger partial charge in [0.1, 0.15) is 0 Å². The molecule has 90 valence electrons.